The number of rotatable bonds is 6. The van der Waals surface area contributed by atoms with Gasteiger partial charge in [0.2, 0.25) is 5.91 Å². The molecular weight excluding hydrogens is 414 g/mol. The summed E-state index contributed by atoms with van der Waals surface area (Å²) in [4.78, 5) is 41.8. The maximum absolute atomic E-state index is 13.5. The molecule has 1 fully saturated rings. The lowest BCUT2D eigenvalue weighted by Gasteiger charge is -2.37. The Morgan fingerprint density at radius 3 is 1.88 bits per heavy atom. The molecule has 2 amide bonds. The fourth-order valence-corrected chi connectivity index (χ4v) is 4.01. The van der Waals surface area contributed by atoms with Crippen LogP contribution in [0.5, 0.6) is 0 Å². The highest BCUT2D eigenvalue weighted by molar-refractivity contribution is 5.98. The molecule has 3 aromatic carbocycles. The van der Waals surface area contributed by atoms with E-state index in [1.807, 2.05) is 65.6 Å². The van der Waals surface area contributed by atoms with E-state index in [9.17, 15) is 14.4 Å². The van der Waals surface area contributed by atoms with E-state index in [0.29, 0.717) is 37.3 Å². The van der Waals surface area contributed by atoms with Gasteiger partial charge >= 0.3 is 0 Å². The fourth-order valence-electron chi connectivity index (χ4n) is 4.01. The van der Waals surface area contributed by atoms with E-state index in [1.54, 1.807) is 31.2 Å². The molecule has 0 unspecified atom stereocenters. The van der Waals surface area contributed by atoms with Crippen LogP contribution < -0.4 is 10.2 Å². The van der Waals surface area contributed by atoms with Gasteiger partial charge in [-0.3, -0.25) is 14.4 Å². The minimum atomic E-state index is -0.750. The highest BCUT2D eigenvalue weighted by Gasteiger charge is 2.30. The third kappa shape index (κ3) is 5.29. The summed E-state index contributed by atoms with van der Waals surface area (Å²) in [5.74, 6) is -0.347. The molecule has 0 saturated carbocycles. The molecule has 4 rings (SSSR count). The number of amides is 2. The Morgan fingerprint density at radius 1 is 0.727 bits per heavy atom. The average Bonchev–Trinajstić information content (AvgIpc) is 2.88. The Kier molecular flexibility index (Phi) is 6.83. The van der Waals surface area contributed by atoms with Crippen LogP contribution in [0.3, 0.4) is 0 Å². The lowest BCUT2D eigenvalue weighted by atomic mass is 10.0. The van der Waals surface area contributed by atoms with Crippen LogP contribution in [0.2, 0.25) is 0 Å². The number of hydrogen-bond donors (Lipinski definition) is 1. The summed E-state index contributed by atoms with van der Waals surface area (Å²) in [5.41, 5.74) is 3.00. The van der Waals surface area contributed by atoms with Crippen LogP contribution in [0.25, 0.3) is 0 Å². The first-order chi connectivity index (χ1) is 16.0. The molecule has 33 heavy (non-hydrogen) atoms. The minimum Gasteiger partial charge on any atom is -0.368 e. The Morgan fingerprint density at radius 2 is 1.30 bits per heavy atom. The zero-order valence-electron chi connectivity index (χ0n) is 18.6. The molecule has 1 saturated heterocycles. The van der Waals surface area contributed by atoms with Gasteiger partial charge in [-0.25, -0.2) is 0 Å². The van der Waals surface area contributed by atoms with E-state index in [1.165, 1.54) is 0 Å². The number of Topliss-reactive ketones (excluding diaryl/α,β-unsaturated/α-hetero) is 1. The lowest BCUT2D eigenvalue weighted by Crippen LogP contribution is -2.52. The Balaban J connectivity index is 1.45. The number of carbonyl (C=O) groups is 3. The van der Waals surface area contributed by atoms with Crippen LogP contribution in [0.4, 0.5) is 5.69 Å². The van der Waals surface area contributed by atoms with Gasteiger partial charge in [0, 0.05) is 43.0 Å². The molecule has 1 aliphatic rings. The standard InChI is InChI=1S/C27H27N3O3/c1-20(31)21-12-14-24(15-13-21)29-16-18-30(19-17-29)27(33)25(22-8-4-2-5-9-22)28-26(32)23-10-6-3-7-11-23/h2-15,25H,16-19H2,1H3,(H,28,32)/t25-/m0/s1. The molecule has 1 heterocycles. The molecule has 3 aromatic rings. The maximum Gasteiger partial charge on any atom is 0.252 e. The first-order valence-electron chi connectivity index (χ1n) is 11.1. The third-order valence-electron chi connectivity index (χ3n) is 5.92. The zero-order valence-corrected chi connectivity index (χ0v) is 18.6. The number of carbonyl (C=O) groups excluding carboxylic acids is 3. The fraction of sp³-hybridized carbons (Fsp3) is 0.222. The molecule has 1 N–H and O–H groups in total. The van der Waals surface area contributed by atoms with Gasteiger partial charge in [-0.15, -0.1) is 0 Å². The second kappa shape index (κ2) is 10.1. The van der Waals surface area contributed by atoms with Gasteiger partial charge in [0.15, 0.2) is 5.78 Å². The first kappa shape index (κ1) is 22.3. The topological polar surface area (TPSA) is 69.7 Å². The summed E-state index contributed by atoms with van der Waals surface area (Å²) in [5, 5.41) is 2.93. The van der Waals surface area contributed by atoms with Crippen LogP contribution in [0, 0.1) is 0 Å². The summed E-state index contributed by atoms with van der Waals surface area (Å²) in [6, 6.07) is 25.1. The highest BCUT2D eigenvalue weighted by Crippen LogP contribution is 2.21. The van der Waals surface area contributed by atoms with E-state index in [2.05, 4.69) is 10.2 Å². The molecule has 1 aliphatic heterocycles. The van der Waals surface area contributed by atoms with Crippen LogP contribution in [0.15, 0.2) is 84.9 Å². The molecule has 168 valence electrons. The summed E-state index contributed by atoms with van der Waals surface area (Å²) in [6.07, 6.45) is 0. The molecule has 0 aliphatic carbocycles. The van der Waals surface area contributed by atoms with E-state index in [-0.39, 0.29) is 17.6 Å². The maximum atomic E-state index is 13.5. The van der Waals surface area contributed by atoms with Crippen molar-refractivity contribution in [1.29, 1.82) is 0 Å². The van der Waals surface area contributed by atoms with Crippen molar-refractivity contribution < 1.29 is 14.4 Å². The SMILES string of the molecule is CC(=O)c1ccc(N2CCN(C(=O)[C@@H](NC(=O)c3ccccc3)c3ccccc3)CC2)cc1. The Hall–Kier alpha value is -3.93. The normalized spacial score (nSPS) is 14.5. The quantitative estimate of drug-likeness (QED) is 0.592. The second-order valence-corrected chi connectivity index (χ2v) is 8.10. The van der Waals surface area contributed by atoms with Crippen molar-refractivity contribution in [2.45, 2.75) is 13.0 Å². The molecular formula is C27H27N3O3. The number of ketones is 1. The van der Waals surface area contributed by atoms with Crippen molar-refractivity contribution in [3.8, 4) is 0 Å². The van der Waals surface area contributed by atoms with Crippen molar-refractivity contribution in [3.05, 3.63) is 102 Å². The predicted molar refractivity (Wildman–Crippen MR) is 128 cm³/mol. The van der Waals surface area contributed by atoms with Crippen LogP contribution >= 0.6 is 0 Å². The van der Waals surface area contributed by atoms with Crippen molar-refractivity contribution in [1.82, 2.24) is 10.2 Å². The number of benzene rings is 3. The van der Waals surface area contributed by atoms with Gasteiger partial charge < -0.3 is 15.1 Å². The van der Waals surface area contributed by atoms with Crippen molar-refractivity contribution in [2.24, 2.45) is 0 Å². The zero-order chi connectivity index (χ0) is 23.2. The molecule has 6 nitrogen and oxygen atoms in total. The van der Waals surface area contributed by atoms with Crippen LogP contribution in [-0.2, 0) is 4.79 Å². The van der Waals surface area contributed by atoms with Gasteiger partial charge in [-0.1, -0.05) is 48.5 Å². The molecule has 0 spiro atoms. The summed E-state index contributed by atoms with van der Waals surface area (Å²) >= 11 is 0. The largest absolute Gasteiger partial charge is 0.368 e. The van der Waals surface area contributed by atoms with Crippen molar-refractivity contribution >= 4 is 23.3 Å². The number of nitrogens with one attached hydrogen (secondary N) is 1. The van der Waals surface area contributed by atoms with Crippen molar-refractivity contribution in [3.63, 3.8) is 0 Å². The Labute approximate surface area is 193 Å². The first-order valence-corrected chi connectivity index (χ1v) is 11.1. The number of hydrogen-bond acceptors (Lipinski definition) is 4. The number of anilines is 1. The molecule has 0 aromatic heterocycles. The van der Waals surface area contributed by atoms with E-state index < -0.39 is 6.04 Å². The molecule has 0 bridgehead atoms. The molecule has 6 heteroatoms. The Bertz CT molecular complexity index is 1110. The van der Waals surface area contributed by atoms with E-state index in [0.717, 1.165) is 11.3 Å². The average molecular weight is 442 g/mol. The van der Waals surface area contributed by atoms with Gasteiger partial charge in [0.05, 0.1) is 0 Å². The van der Waals surface area contributed by atoms with E-state index in [4.69, 9.17) is 0 Å². The summed E-state index contributed by atoms with van der Waals surface area (Å²) in [7, 11) is 0. The van der Waals surface area contributed by atoms with E-state index >= 15 is 0 Å². The number of nitrogens with zero attached hydrogens (tertiary/aromatic N) is 2. The molecule has 0 radical (unpaired) electrons. The number of piperazine rings is 1. The van der Waals surface area contributed by atoms with Gasteiger partial charge in [0.25, 0.3) is 5.91 Å². The van der Waals surface area contributed by atoms with Crippen LogP contribution in [0.1, 0.15) is 39.2 Å². The lowest BCUT2D eigenvalue weighted by molar-refractivity contribution is -0.133. The van der Waals surface area contributed by atoms with Gasteiger partial charge in [0.1, 0.15) is 6.04 Å². The van der Waals surface area contributed by atoms with Crippen molar-refractivity contribution in [2.75, 3.05) is 31.1 Å². The second-order valence-electron chi connectivity index (χ2n) is 8.10. The minimum absolute atomic E-state index is 0.0430. The summed E-state index contributed by atoms with van der Waals surface area (Å²) in [6.45, 7) is 4.02. The highest BCUT2D eigenvalue weighted by atomic mass is 16.2. The van der Waals surface area contributed by atoms with Crippen LogP contribution in [-0.4, -0.2) is 48.7 Å². The predicted octanol–water partition coefficient (Wildman–Crippen LogP) is 3.71. The van der Waals surface area contributed by atoms with Gasteiger partial charge in [-0.2, -0.15) is 0 Å². The monoisotopic (exact) mass is 441 g/mol. The smallest absolute Gasteiger partial charge is 0.252 e. The van der Waals surface area contributed by atoms with Gasteiger partial charge in [-0.05, 0) is 48.9 Å². The summed E-state index contributed by atoms with van der Waals surface area (Å²) < 4.78 is 0. The third-order valence-corrected chi connectivity index (χ3v) is 5.92. The molecule has 1 atom stereocenters.